The summed E-state index contributed by atoms with van der Waals surface area (Å²) in [6.45, 7) is 2.14. The van der Waals surface area contributed by atoms with Crippen LogP contribution in [0.1, 0.15) is 32.6 Å². The summed E-state index contributed by atoms with van der Waals surface area (Å²) in [5.41, 5.74) is 0. The molecule has 0 rings (SSSR count). The highest BCUT2D eigenvalue weighted by Gasteiger charge is 2.03. The van der Waals surface area contributed by atoms with Gasteiger partial charge in [-0.1, -0.05) is 31.9 Å². The van der Waals surface area contributed by atoms with E-state index in [0.29, 0.717) is 6.32 Å². The molecule has 0 bridgehead atoms. The standard InChI is InChI=1S/C8H17BO2/c1-2-3-4-5-6-7-8-9(10)11/h4-5,10-11H,2-3,6-8H2,1H3. The van der Waals surface area contributed by atoms with E-state index in [0.717, 1.165) is 19.3 Å². The van der Waals surface area contributed by atoms with Crippen LogP contribution in [-0.4, -0.2) is 17.2 Å². The second-order valence-electron chi connectivity index (χ2n) is 2.67. The first kappa shape index (κ1) is 10.7. The van der Waals surface area contributed by atoms with Crippen molar-refractivity contribution >= 4 is 7.12 Å². The average molecular weight is 156 g/mol. The highest BCUT2D eigenvalue weighted by molar-refractivity contribution is 6.40. The molecule has 0 aliphatic carbocycles. The fourth-order valence-electron chi connectivity index (χ4n) is 0.821. The van der Waals surface area contributed by atoms with Crippen molar-refractivity contribution in [1.82, 2.24) is 0 Å². The normalized spacial score (nSPS) is 10.8. The number of unbranched alkanes of at least 4 members (excludes halogenated alkanes) is 2. The van der Waals surface area contributed by atoms with E-state index in [-0.39, 0.29) is 0 Å². The molecule has 2 N–H and O–H groups in total. The molecule has 0 heterocycles. The van der Waals surface area contributed by atoms with Crippen LogP contribution in [0.2, 0.25) is 6.32 Å². The molecule has 0 saturated carbocycles. The highest BCUT2D eigenvalue weighted by atomic mass is 16.4. The van der Waals surface area contributed by atoms with Gasteiger partial charge in [0, 0.05) is 0 Å². The van der Waals surface area contributed by atoms with Crippen LogP contribution in [0.4, 0.5) is 0 Å². The molecule has 0 amide bonds. The maximum absolute atomic E-state index is 8.49. The van der Waals surface area contributed by atoms with Crippen LogP contribution >= 0.6 is 0 Å². The molecule has 0 aromatic heterocycles. The minimum Gasteiger partial charge on any atom is -0.427 e. The summed E-state index contributed by atoms with van der Waals surface area (Å²) in [7, 11) is -1.13. The van der Waals surface area contributed by atoms with Crippen LogP contribution in [0.15, 0.2) is 12.2 Å². The quantitative estimate of drug-likeness (QED) is 0.348. The van der Waals surface area contributed by atoms with E-state index in [2.05, 4.69) is 19.1 Å². The average Bonchev–Trinajstić information content (AvgIpc) is 1.96. The Morgan fingerprint density at radius 3 is 2.36 bits per heavy atom. The lowest BCUT2D eigenvalue weighted by molar-refractivity contribution is 0.403. The molecular formula is C8H17BO2. The predicted octanol–water partition coefficient (Wildman–Crippen LogP) is 1.60. The zero-order valence-electron chi connectivity index (χ0n) is 7.16. The zero-order valence-corrected chi connectivity index (χ0v) is 7.16. The molecule has 3 heteroatoms. The van der Waals surface area contributed by atoms with E-state index in [1.165, 1.54) is 6.42 Å². The molecule has 0 aliphatic rings. The molecule has 0 unspecified atom stereocenters. The van der Waals surface area contributed by atoms with Crippen LogP contribution in [0.25, 0.3) is 0 Å². The summed E-state index contributed by atoms with van der Waals surface area (Å²) in [6.07, 6.45) is 8.85. The minimum atomic E-state index is -1.13. The molecule has 11 heavy (non-hydrogen) atoms. The van der Waals surface area contributed by atoms with Crippen molar-refractivity contribution in [3.05, 3.63) is 12.2 Å². The fraction of sp³-hybridized carbons (Fsp3) is 0.750. The van der Waals surface area contributed by atoms with Gasteiger partial charge < -0.3 is 10.0 Å². The molecule has 0 aromatic rings. The number of allylic oxidation sites excluding steroid dienone is 2. The summed E-state index contributed by atoms with van der Waals surface area (Å²) in [5.74, 6) is 0. The van der Waals surface area contributed by atoms with Gasteiger partial charge in [-0.15, -0.1) is 0 Å². The summed E-state index contributed by atoms with van der Waals surface area (Å²) in [4.78, 5) is 0. The van der Waals surface area contributed by atoms with Gasteiger partial charge in [-0.25, -0.2) is 0 Å². The lowest BCUT2D eigenvalue weighted by atomic mass is 9.84. The van der Waals surface area contributed by atoms with Gasteiger partial charge in [0.15, 0.2) is 0 Å². The van der Waals surface area contributed by atoms with Gasteiger partial charge in [-0.3, -0.25) is 0 Å². The van der Waals surface area contributed by atoms with Crippen molar-refractivity contribution in [1.29, 1.82) is 0 Å². The maximum Gasteiger partial charge on any atom is 0.451 e. The third-order valence-electron chi connectivity index (χ3n) is 1.46. The molecule has 0 saturated heterocycles. The Kier molecular flexibility index (Phi) is 7.63. The van der Waals surface area contributed by atoms with Crippen molar-refractivity contribution in [3.8, 4) is 0 Å². The number of hydrogen-bond acceptors (Lipinski definition) is 2. The monoisotopic (exact) mass is 156 g/mol. The Hall–Kier alpha value is -0.275. The van der Waals surface area contributed by atoms with Crippen LogP contribution in [0, 0.1) is 0 Å². The maximum atomic E-state index is 8.49. The summed E-state index contributed by atoms with van der Waals surface area (Å²) < 4.78 is 0. The van der Waals surface area contributed by atoms with Crippen molar-refractivity contribution < 1.29 is 10.0 Å². The number of hydrogen-bond donors (Lipinski definition) is 2. The molecule has 0 aromatic carbocycles. The Bertz CT molecular complexity index is 102. The SMILES string of the molecule is CCCC=CCCCB(O)O. The van der Waals surface area contributed by atoms with Gasteiger partial charge in [0.25, 0.3) is 0 Å². The molecule has 2 nitrogen and oxygen atoms in total. The van der Waals surface area contributed by atoms with Crippen molar-refractivity contribution in [2.45, 2.75) is 38.9 Å². The lowest BCUT2D eigenvalue weighted by Gasteiger charge is -1.94. The summed E-state index contributed by atoms with van der Waals surface area (Å²) in [5, 5.41) is 17.0. The van der Waals surface area contributed by atoms with E-state index in [1.54, 1.807) is 0 Å². The Morgan fingerprint density at radius 2 is 1.82 bits per heavy atom. The van der Waals surface area contributed by atoms with Gasteiger partial charge in [-0.05, 0) is 19.2 Å². The van der Waals surface area contributed by atoms with E-state index >= 15 is 0 Å². The zero-order chi connectivity index (χ0) is 8.53. The predicted molar refractivity (Wildman–Crippen MR) is 48.3 cm³/mol. The minimum absolute atomic E-state index is 0.483. The van der Waals surface area contributed by atoms with E-state index < -0.39 is 7.12 Å². The molecule has 0 spiro atoms. The van der Waals surface area contributed by atoms with E-state index in [1.807, 2.05) is 0 Å². The highest BCUT2D eigenvalue weighted by Crippen LogP contribution is 2.00. The molecule has 0 fully saturated rings. The Morgan fingerprint density at radius 1 is 1.18 bits per heavy atom. The molecule has 64 valence electrons. The largest absolute Gasteiger partial charge is 0.451 e. The lowest BCUT2D eigenvalue weighted by Crippen LogP contribution is -2.08. The first-order valence-corrected chi connectivity index (χ1v) is 4.28. The second-order valence-corrected chi connectivity index (χ2v) is 2.67. The van der Waals surface area contributed by atoms with Crippen LogP contribution in [0.5, 0.6) is 0 Å². The second kappa shape index (κ2) is 7.83. The Labute approximate surface area is 69.1 Å². The van der Waals surface area contributed by atoms with E-state index in [4.69, 9.17) is 10.0 Å². The smallest absolute Gasteiger partial charge is 0.427 e. The summed E-state index contributed by atoms with van der Waals surface area (Å²) in [6, 6.07) is 0. The molecule has 0 atom stereocenters. The molecule has 0 radical (unpaired) electrons. The van der Waals surface area contributed by atoms with Gasteiger partial charge in [-0.2, -0.15) is 0 Å². The number of rotatable bonds is 6. The van der Waals surface area contributed by atoms with Crippen LogP contribution in [0.3, 0.4) is 0 Å². The van der Waals surface area contributed by atoms with Gasteiger partial charge in [0.05, 0.1) is 0 Å². The Balaban J connectivity index is 3.01. The van der Waals surface area contributed by atoms with E-state index in [9.17, 15) is 0 Å². The van der Waals surface area contributed by atoms with Gasteiger partial charge in [0.1, 0.15) is 0 Å². The van der Waals surface area contributed by atoms with Crippen LogP contribution in [-0.2, 0) is 0 Å². The van der Waals surface area contributed by atoms with Gasteiger partial charge >= 0.3 is 7.12 Å². The molecule has 0 aliphatic heterocycles. The first-order valence-electron chi connectivity index (χ1n) is 4.28. The summed E-state index contributed by atoms with van der Waals surface area (Å²) >= 11 is 0. The van der Waals surface area contributed by atoms with Crippen molar-refractivity contribution in [3.63, 3.8) is 0 Å². The van der Waals surface area contributed by atoms with Crippen molar-refractivity contribution in [2.75, 3.05) is 0 Å². The van der Waals surface area contributed by atoms with Gasteiger partial charge in [0.2, 0.25) is 0 Å². The topological polar surface area (TPSA) is 40.5 Å². The van der Waals surface area contributed by atoms with Crippen LogP contribution < -0.4 is 0 Å². The fourth-order valence-corrected chi connectivity index (χ4v) is 0.821. The third kappa shape index (κ3) is 9.72. The first-order chi connectivity index (χ1) is 5.27. The molecular weight excluding hydrogens is 139 g/mol. The van der Waals surface area contributed by atoms with Crippen molar-refractivity contribution in [2.24, 2.45) is 0 Å². The third-order valence-corrected chi connectivity index (χ3v) is 1.46.